The quantitative estimate of drug-likeness (QED) is 0.471. The number of rotatable bonds is 7. The Morgan fingerprint density at radius 2 is 1.71 bits per heavy atom. The van der Waals surface area contributed by atoms with Gasteiger partial charge in [0.05, 0.1) is 22.2 Å². The van der Waals surface area contributed by atoms with Crippen LogP contribution in [0.1, 0.15) is 36.0 Å². The highest BCUT2D eigenvalue weighted by Gasteiger charge is 2.25. The molecule has 0 bridgehead atoms. The summed E-state index contributed by atoms with van der Waals surface area (Å²) in [5, 5.41) is 3.24. The summed E-state index contributed by atoms with van der Waals surface area (Å²) in [4.78, 5) is 44.8. The number of amides is 3. The van der Waals surface area contributed by atoms with Crippen molar-refractivity contribution < 1.29 is 19.1 Å². The number of carbonyl (C=O) groups is 3. The van der Waals surface area contributed by atoms with Crippen molar-refractivity contribution in [3.8, 4) is 16.2 Å². The van der Waals surface area contributed by atoms with Crippen molar-refractivity contribution in [1.82, 2.24) is 15.1 Å². The molecule has 0 unspecified atom stereocenters. The number of carbonyl (C=O) groups excluding carboxylic acids is 3. The molecule has 1 aliphatic heterocycles. The first kappa shape index (κ1) is 27.6. The summed E-state index contributed by atoms with van der Waals surface area (Å²) in [6, 6.07) is 12.3. The summed E-state index contributed by atoms with van der Waals surface area (Å²) in [6.07, 6.45) is 0.643. The van der Waals surface area contributed by atoms with E-state index in [2.05, 4.69) is 5.32 Å². The van der Waals surface area contributed by atoms with E-state index in [4.69, 9.17) is 16.3 Å². The third-order valence-electron chi connectivity index (χ3n) is 6.25. The number of anilines is 1. The number of likely N-dealkylation sites (N-methyl/N-ethyl adjacent to an activating group) is 1. The molecular formula is C28H31ClN4O4S. The number of fused-ring (bicyclic) bond motifs is 3. The Bertz CT molecular complexity index is 1390. The highest BCUT2D eigenvalue weighted by Crippen LogP contribution is 2.42. The number of hydrogen-bond donors (Lipinski definition) is 1. The van der Waals surface area contributed by atoms with Crippen molar-refractivity contribution in [3.05, 3.63) is 69.1 Å². The number of hydrogen-bond acceptors (Lipinski definition) is 6. The molecule has 1 N–H and O–H groups in total. The monoisotopic (exact) mass is 554 g/mol. The van der Waals surface area contributed by atoms with Crippen LogP contribution in [0.4, 0.5) is 5.69 Å². The average Bonchev–Trinajstić information content (AvgIpc) is 3.23. The Hall–Kier alpha value is -3.40. The van der Waals surface area contributed by atoms with E-state index in [-0.39, 0.29) is 17.7 Å². The third-order valence-corrected chi connectivity index (χ3v) is 7.75. The minimum absolute atomic E-state index is 0.151. The Morgan fingerprint density at radius 3 is 2.39 bits per heavy atom. The summed E-state index contributed by atoms with van der Waals surface area (Å²) in [6.45, 7) is 1.75. The van der Waals surface area contributed by atoms with E-state index in [1.165, 1.54) is 21.1 Å². The first-order chi connectivity index (χ1) is 18.1. The molecular weight excluding hydrogens is 524 g/mol. The van der Waals surface area contributed by atoms with E-state index in [1.807, 2.05) is 31.1 Å². The van der Waals surface area contributed by atoms with Crippen molar-refractivity contribution in [2.24, 2.45) is 0 Å². The number of nitrogens with one attached hydrogen (secondary N) is 1. The second-order valence-corrected chi connectivity index (χ2v) is 11.0. The number of halogens is 1. The maximum atomic E-state index is 13.4. The molecule has 0 aliphatic carbocycles. The molecule has 1 aliphatic rings. The van der Waals surface area contributed by atoms with Crippen molar-refractivity contribution in [1.29, 1.82) is 0 Å². The van der Waals surface area contributed by atoms with E-state index < -0.39 is 0 Å². The zero-order chi connectivity index (χ0) is 27.6. The van der Waals surface area contributed by atoms with Crippen LogP contribution < -0.4 is 15.0 Å². The van der Waals surface area contributed by atoms with Crippen LogP contribution in [0.15, 0.2) is 42.5 Å². The zero-order valence-corrected chi connectivity index (χ0v) is 23.7. The van der Waals surface area contributed by atoms with Crippen molar-refractivity contribution in [2.75, 3.05) is 59.8 Å². The van der Waals surface area contributed by atoms with Crippen molar-refractivity contribution in [3.63, 3.8) is 0 Å². The van der Waals surface area contributed by atoms with E-state index in [0.717, 1.165) is 22.5 Å². The third kappa shape index (κ3) is 5.85. The first-order valence-corrected chi connectivity index (χ1v) is 13.4. The molecule has 200 valence electrons. The topological polar surface area (TPSA) is 82.2 Å². The van der Waals surface area contributed by atoms with E-state index in [9.17, 15) is 14.4 Å². The second-order valence-electron chi connectivity index (χ2n) is 9.56. The smallest absolute Gasteiger partial charge is 0.268 e. The molecule has 1 aromatic heterocycles. The highest BCUT2D eigenvalue weighted by molar-refractivity contribution is 7.17. The molecule has 4 rings (SSSR count). The van der Waals surface area contributed by atoms with Gasteiger partial charge in [-0.3, -0.25) is 14.4 Å². The minimum atomic E-state index is -0.198. The Balaban J connectivity index is 1.57. The Morgan fingerprint density at radius 1 is 0.974 bits per heavy atom. The molecule has 0 fully saturated rings. The normalized spacial score (nSPS) is 12.2. The molecule has 0 saturated carbocycles. The molecule has 3 amide bonds. The number of ether oxygens (including phenoxy) is 1. The van der Waals surface area contributed by atoms with Crippen LogP contribution in [0, 0.1) is 0 Å². The van der Waals surface area contributed by atoms with Crippen LogP contribution >= 0.6 is 22.9 Å². The summed E-state index contributed by atoms with van der Waals surface area (Å²) in [5.74, 6) is 0.115. The predicted molar refractivity (Wildman–Crippen MR) is 152 cm³/mol. The maximum Gasteiger partial charge on any atom is 0.268 e. The summed E-state index contributed by atoms with van der Waals surface area (Å²) >= 11 is 7.86. The van der Waals surface area contributed by atoms with Gasteiger partial charge in [0.25, 0.3) is 17.7 Å². The number of benzene rings is 2. The van der Waals surface area contributed by atoms with Gasteiger partial charge in [0.15, 0.2) is 0 Å². The standard InChI is InChI=1S/C28H31ClN4O4S/c1-31(2)12-11-30-26(34)18-6-8-20-23(15-18)37-13-10-17-16-24(38-25(17)20)28(36)33(5)22-9-7-19(14-21(22)29)27(35)32(3)4/h6-9,14-16H,10-13H2,1-5H3,(H,30,34). The van der Waals surface area contributed by atoms with Gasteiger partial charge in [0.1, 0.15) is 5.75 Å². The minimum Gasteiger partial charge on any atom is -0.493 e. The molecule has 2 aromatic carbocycles. The highest BCUT2D eigenvalue weighted by atomic mass is 35.5. The van der Waals surface area contributed by atoms with Crippen LogP contribution in [0.2, 0.25) is 5.02 Å². The van der Waals surface area contributed by atoms with E-state index in [1.54, 1.807) is 51.5 Å². The van der Waals surface area contributed by atoms with Gasteiger partial charge in [-0.2, -0.15) is 0 Å². The van der Waals surface area contributed by atoms with Crippen LogP contribution in [0.25, 0.3) is 10.4 Å². The molecule has 0 atom stereocenters. The molecule has 10 heteroatoms. The second kappa shape index (κ2) is 11.6. The fraction of sp³-hybridized carbons (Fsp3) is 0.321. The largest absolute Gasteiger partial charge is 0.493 e. The zero-order valence-electron chi connectivity index (χ0n) is 22.1. The molecule has 38 heavy (non-hydrogen) atoms. The lowest BCUT2D eigenvalue weighted by Gasteiger charge is -2.19. The van der Waals surface area contributed by atoms with Crippen molar-refractivity contribution in [2.45, 2.75) is 6.42 Å². The van der Waals surface area contributed by atoms with Crippen molar-refractivity contribution >= 4 is 46.3 Å². The number of nitrogens with zero attached hydrogens (tertiary/aromatic N) is 3. The predicted octanol–water partition coefficient (Wildman–Crippen LogP) is 4.27. The Labute approximate surface area is 231 Å². The first-order valence-electron chi connectivity index (χ1n) is 12.2. The van der Waals surface area contributed by atoms with Gasteiger partial charge >= 0.3 is 0 Å². The molecule has 8 nitrogen and oxygen atoms in total. The van der Waals surface area contributed by atoms with Gasteiger partial charge in [-0.1, -0.05) is 11.6 Å². The van der Waals surface area contributed by atoms with Gasteiger partial charge < -0.3 is 24.8 Å². The molecule has 0 saturated heterocycles. The van der Waals surface area contributed by atoms with E-state index >= 15 is 0 Å². The SMILES string of the molecule is CN(C)CCNC(=O)c1ccc2c(c1)OCCc1cc(C(=O)N(C)c3ccc(C(=O)N(C)C)cc3Cl)sc1-2. The number of thiophene rings is 1. The fourth-order valence-corrected chi connectivity index (χ4v) is 5.65. The molecule has 3 aromatic rings. The van der Waals surface area contributed by atoms with Crippen LogP contribution in [0.5, 0.6) is 5.75 Å². The average molecular weight is 555 g/mol. The summed E-state index contributed by atoms with van der Waals surface area (Å²) < 4.78 is 5.98. The molecule has 2 heterocycles. The summed E-state index contributed by atoms with van der Waals surface area (Å²) in [5.41, 5.74) is 3.38. The van der Waals surface area contributed by atoms with Crippen LogP contribution in [-0.2, 0) is 6.42 Å². The lowest BCUT2D eigenvalue weighted by Crippen LogP contribution is -2.31. The van der Waals surface area contributed by atoms with Gasteiger partial charge in [0, 0.05) is 62.2 Å². The van der Waals surface area contributed by atoms with Crippen LogP contribution in [-0.4, -0.2) is 82.5 Å². The molecule has 0 spiro atoms. The maximum absolute atomic E-state index is 13.4. The Kier molecular flexibility index (Phi) is 8.40. The van der Waals surface area contributed by atoms with Gasteiger partial charge in [-0.25, -0.2) is 0 Å². The van der Waals surface area contributed by atoms with Crippen LogP contribution in [0.3, 0.4) is 0 Å². The molecule has 0 radical (unpaired) electrons. The van der Waals surface area contributed by atoms with Gasteiger partial charge in [0.2, 0.25) is 0 Å². The van der Waals surface area contributed by atoms with Gasteiger partial charge in [-0.15, -0.1) is 11.3 Å². The lowest BCUT2D eigenvalue weighted by atomic mass is 10.0. The van der Waals surface area contributed by atoms with Gasteiger partial charge in [-0.05, 0) is 62.1 Å². The van der Waals surface area contributed by atoms with E-state index in [0.29, 0.717) is 52.0 Å². The summed E-state index contributed by atoms with van der Waals surface area (Å²) in [7, 11) is 8.92. The fourth-order valence-electron chi connectivity index (χ4n) is 4.13. The lowest BCUT2D eigenvalue weighted by molar-refractivity contribution is 0.0827.